The third kappa shape index (κ3) is 2.42. The molecule has 0 aliphatic carbocycles. The zero-order valence-electron chi connectivity index (χ0n) is 15.2. The molecule has 0 radical (unpaired) electrons. The molecule has 1 heterocycles. The minimum absolute atomic E-state index is 0.153. The van der Waals surface area contributed by atoms with Gasteiger partial charge in [-0.2, -0.15) is 0 Å². The van der Waals surface area contributed by atoms with Crippen LogP contribution in [0.2, 0.25) is 0 Å². The van der Waals surface area contributed by atoms with Crippen molar-refractivity contribution < 1.29 is 8.72 Å². The fraction of sp³-hybridized carbons (Fsp3) is 0.182. The Morgan fingerprint density at radius 1 is 0.769 bits per heavy atom. The number of fused-ring (bicyclic) bond motifs is 1. The van der Waals surface area contributed by atoms with E-state index in [-0.39, 0.29) is 5.41 Å². The maximum atomic E-state index is 17.3. The van der Waals surface area contributed by atoms with Crippen LogP contribution in [0.15, 0.2) is 78.9 Å². The monoisotopic (exact) mass is 367 g/mol. The van der Waals surface area contributed by atoms with Gasteiger partial charge in [-0.25, -0.2) is 0 Å². The first-order valence-corrected chi connectivity index (χ1v) is 10.8. The molecule has 3 aromatic rings. The number of para-hydroxylation sites is 1. The zero-order chi connectivity index (χ0) is 18.4. The van der Waals surface area contributed by atoms with Crippen LogP contribution in [0.25, 0.3) is 0 Å². The quantitative estimate of drug-likeness (QED) is 0.586. The molecule has 1 aliphatic heterocycles. The van der Waals surface area contributed by atoms with Crippen molar-refractivity contribution in [3.05, 3.63) is 84.4 Å². The van der Waals surface area contributed by atoms with Gasteiger partial charge in [-0.15, -0.1) is 0 Å². The molecule has 2 nitrogen and oxygen atoms in total. The molecule has 0 amide bonds. The van der Waals surface area contributed by atoms with E-state index in [0.29, 0.717) is 22.0 Å². The standard InChI is InChI=1S/C22H23FNOP/c1-22(2,3)19-15-10-16-20-21(19)25-26(23,24-20,17-11-6-4-7-12-17)18-13-8-5-9-14-18/h4-16,24H,1-3H3. The van der Waals surface area contributed by atoms with Crippen molar-refractivity contribution in [1.82, 2.24) is 0 Å². The topological polar surface area (TPSA) is 21.3 Å². The van der Waals surface area contributed by atoms with E-state index in [1.165, 1.54) is 0 Å². The van der Waals surface area contributed by atoms with E-state index in [9.17, 15) is 0 Å². The van der Waals surface area contributed by atoms with Gasteiger partial charge in [0.25, 0.3) is 0 Å². The minimum atomic E-state index is -4.55. The molecular weight excluding hydrogens is 344 g/mol. The molecule has 0 saturated heterocycles. The second-order valence-corrected chi connectivity index (χ2v) is 11.0. The average Bonchev–Trinajstić information content (AvgIpc) is 2.98. The van der Waals surface area contributed by atoms with E-state index in [4.69, 9.17) is 4.52 Å². The predicted octanol–water partition coefficient (Wildman–Crippen LogP) is 5.71. The maximum absolute atomic E-state index is 17.3. The molecule has 0 bridgehead atoms. The number of halogens is 1. The van der Waals surface area contributed by atoms with Gasteiger partial charge in [-0.05, 0) is 0 Å². The van der Waals surface area contributed by atoms with Crippen LogP contribution in [-0.4, -0.2) is 0 Å². The molecule has 26 heavy (non-hydrogen) atoms. The van der Waals surface area contributed by atoms with Crippen molar-refractivity contribution in [3.63, 3.8) is 0 Å². The van der Waals surface area contributed by atoms with Crippen LogP contribution in [0.1, 0.15) is 26.3 Å². The summed E-state index contributed by atoms with van der Waals surface area (Å²) in [5, 5.41) is 4.30. The van der Waals surface area contributed by atoms with Crippen molar-refractivity contribution in [2.75, 3.05) is 5.09 Å². The predicted molar refractivity (Wildman–Crippen MR) is 110 cm³/mol. The van der Waals surface area contributed by atoms with Crippen molar-refractivity contribution in [2.45, 2.75) is 26.2 Å². The van der Waals surface area contributed by atoms with Crippen molar-refractivity contribution in [1.29, 1.82) is 0 Å². The van der Waals surface area contributed by atoms with Crippen LogP contribution in [0.3, 0.4) is 0 Å². The van der Waals surface area contributed by atoms with Crippen molar-refractivity contribution in [3.8, 4) is 5.75 Å². The summed E-state index contributed by atoms with van der Waals surface area (Å²) in [6.07, 6.45) is 0. The first-order chi connectivity index (χ1) is 12.3. The molecular formula is C22H23FNOP. The van der Waals surface area contributed by atoms with Crippen LogP contribution in [0, 0.1) is 0 Å². The van der Waals surface area contributed by atoms with Crippen LogP contribution >= 0.6 is 7.29 Å². The van der Waals surface area contributed by atoms with E-state index < -0.39 is 7.29 Å². The fourth-order valence-corrected chi connectivity index (χ4v) is 6.86. The summed E-state index contributed by atoms with van der Waals surface area (Å²) < 4.78 is 23.7. The average molecular weight is 367 g/mol. The number of rotatable bonds is 2. The van der Waals surface area contributed by atoms with Gasteiger partial charge in [0.2, 0.25) is 0 Å². The Morgan fingerprint density at radius 2 is 1.31 bits per heavy atom. The van der Waals surface area contributed by atoms with Gasteiger partial charge in [0.1, 0.15) is 0 Å². The van der Waals surface area contributed by atoms with Gasteiger partial charge >= 0.3 is 154 Å². The van der Waals surface area contributed by atoms with Gasteiger partial charge < -0.3 is 0 Å². The molecule has 134 valence electrons. The van der Waals surface area contributed by atoms with Crippen LogP contribution in [0.4, 0.5) is 9.88 Å². The Bertz CT molecular complexity index is 911. The Kier molecular flexibility index (Phi) is 3.65. The normalized spacial score (nSPS) is 18.7. The van der Waals surface area contributed by atoms with E-state index in [1.54, 1.807) is 24.3 Å². The molecule has 1 N–H and O–H groups in total. The Labute approximate surface area is 154 Å². The van der Waals surface area contributed by atoms with Gasteiger partial charge in [0.05, 0.1) is 0 Å². The molecule has 0 unspecified atom stereocenters. The van der Waals surface area contributed by atoms with Crippen LogP contribution in [0.5, 0.6) is 5.75 Å². The molecule has 1 aliphatic rings. The molecule has 0 spiro atoms. The second kappa shape index (κ2) is 5.56. The molecule has 0 saturated carbocycles. The number of anilines is 1. The molecule has 0 atom stereocenters. The molecule has 3 aromatic carbocycles. The summed E-state index contributed by atoms with van der Waals surface area (Å²) in [5.74, 6) is 0.618. The number of hydrogen-bond acceptors (Lipinski definition) is 2. The third-order valence-corrected chi connectivity index (χ3v) is 8.45. The zero-order valence-corrected chi connectivity index (χ0v) is 16.1. The Hall–Kier alpha value is -2.38. The summed E-state index contributed by atoms with van der Waals surface area (Å²) >= 11 is 0. The second-order valence-electron chi connectivity index (χ2n) is 7.74. The van der Waals surface area contributed by atoms with Gasteiger partial charge in [0, 0.05) is 0 Å². The number of nitrogens with one attached hydrogen (secondary N) is 1. The summed E-state index contributed by atoms with van der Waals surface area (Å²) in [7, 11) is -4.55. The summed E-state index contributed by atoms with van der Waals surface area (Å²) in [6, 6.07) is 24.3. The Balaban J connectivity index is 1.99. The van der Waals surface area contributed by atoms with Gasteiger partial charge in [-0.1, -0.05) is 0 Å². The summed E-state index contributed by atoms with van der Waals surface area (Å²) in [4.78, 5) is 0. The van der Waals surface area contributed by atoms with Crippen LogP contribution < -0.4 is 20.2 Å². The summed E-state index contributed by atoms with van der Waals surface area (Å²) in [6.45, 7) is 6.34. The number of benzene rings is 3. The Morgan fingerprint density at radius 3 is 1.81 bits per heavy atom. The van der Waals surface area contributed by atoms with Gasteiger partial charge in [0.15, 0.2) is 0 Å². The van der Waals surface area contributed by atoms with Crippen molar-refractivity contribution >= 4 is 23.6 Å². The molecule has 0 fully saturated rings. The SMILES string of the molecule is CC(C)(C)c1cccc2c1OP(F)(c1ccccc1)(c1ccccc1)N2. The van der Waals surface area contributed by atoms with E-state index in [0.717, 1.165) is 5.56 Å². The first kappa shape index (κ1) is 17.1. The van der Waals surface area contributed by atoms with Crippen LogP contribution in [-0.2, 0) is 5.41 Å². The third-order valence-electron chi connectivity index (χ3n) is 4.84. The number of hydrogen-bond donors (Lipinski definition) is 1. The van der Waals surface area contributed by atoms with E-state index in [2.05, 4.69) is 25.9 Å². The molecule has 4 rings (SSSR count). The van der Waals surface area contributed by atoms with Crippen molar-refractivity contribution in [2.24, 2.45) is 0 Å². The molecule has 4 heteroatoms. The van der Waals surface area contributed by atoms with E-state index in [1.807, 2.05) is 54.6 Å². The first-order valence-electron chi connectivity index (χ1n) is 8.79. The fourth-order valence-electron chi connectivity index (χ4n) is 3.50. The van der Waals surface area contributed by atoms with E-state index >= 15 is 4.20 Å². The summed E-state index contributed by atoms with van der Waals surface area (Å²) in [5.41, 5.74) is 1.56. The van der Waals surface area contributed by atoms with Gasteiger partial charge in [-0.3, -0.25) is 0 Å². The molecule has 0 aromatic heterocycles.